The molecule has 0 spiro atoms. The Hall–Kier alpha value is -0.900. The van der Waals surface area contributed by atoms with Crippen LogP contribution in [0.4, 0.5) is 0 Å². The van der Waals surface area contributed by atoms with E-state index < -0.39 is 0 Å². The molecule has 1 rings (SSSR count). The van der Waals surface area contributed by atoms with Crippen molar-refractivity contribution < 1.29 is 4.79 Å². The quantitative estimate of drug-likeness (QED) is 0.883. The van der Waals surface area contributed by atoms with Gasteiger partial charge >= 0.3 is 0 Å². The summed E-state index contributed by atoms with van der Waals surface area (Å²) in [6.45, 7) is 5.75. The Morgan fingerprint density at radius 3 is 2.71 bits per heavy atom. The number of aromatic nitrogens is 1. The summed E-state index contributed by atoms with van der Waals surface area (Å²) in [6, 6.07) is 0.140. The molecule has 1 N–H and O–H groups in total. The van der Waals surface area contributed by atoms with Gasteiger partial charge in [-0.3, -0.25) is 9.78 Å². The molecule has 14 heavy (non-hydrogen) atoms. The maximum absolute atomic E-state index is 11.7. The first-order valence-corrected chi connectivity index (χ1v) is 5.22. The lowest BCUT2D eigenvalue weighted by Crippen LogP contribution is -2.30. The molecule has 0 radical (unpaired) electrons. The Balaban J connectivity index is 2.96. The van der Waals surface area contributed by atoms with Crippen LogP contribution in [-0.2, 0) is 0 Å². The summed E-state index contributed by atoms with van der Waals surface area (Å²) < 4.78 is 0.855. The van der Waals surface area contributed by atoms with Crippen molar-refractivity contribution in [2.24, 2.45) is 0 Å². The largest absolute Gasteiger partial charge is 0.350 e. The Morgan fingerprint density at radius 1 is 1.50 bits per heavy atom. The number of pyridine rings is 1. The number of hydrogen-bond donors (Lipinski definition) is 1. The summed E-state index contributed by atoms with van der Waals surface area (Å²) in [4.78, 5) is 15.6. The third-order valence-corrected chi connectivity index (χ3v) is 2.62. The van der Waals surface area contributed by atoms with E-state index in [0.29, 0.717) is 5.56 Å². The van der Waals surface area contributed by atoms with Crippen LogP contribution in [0.25, 0.3) is 0 Å². The molecule has 1 aromatic heterocycles. The van der Waals surface area contributed by atoms with Gasteiger partial charge in [0.15, 0.2) is 0 Å². The molecule has 0 bridgehead atoms. The Bertz CT molecular complexity index is 350. The van der Waals surface area contributed by atoms with Crippen molar-refractivity contribution in [3.05, 3.63) is 28.0 Å². The smallest absolute Gasteiger partial charge is 0.253 e. The average molecular weight is 257 g/mol. The van der Waals surface area contributed by atoms with Crippen molar-refractivity contribution in [1.29, 1.82) is 0 Å². The highest BCUT2D eigenvalue weighted by Gasteiger charge is 2.11. The zero-order chi connectivity index (χ0) is 10.7. The summed E-state index contributed by atoms with van der Waals surface area (Å²) in [5.41, 5.74) is 1.53. The van der Waals surface area contributed by atoms with E-state index in [1.54, 1.807) is 12.4 Å². The van der Waals surface area contributed by atoms with Gasteiger partial charge in [0.1, 0.15) is 0 Å². The highest BCUT2D eigenvalue weighted by Crippen LogP contribution is 2.17. The van der Waals surface area contributed by atoms with E-state index in [1.165, 1.54) is 0 Å². The van der Waals surface area contributed by atoms with E-state index in [9.17, 15) is 4.79 Å². The number of nitrogens with one attached hydrogen (secondary N) is 1. The van der Waals surface area contributed by atoms with Crippen LogP contribution >= 0.6 is 15.9 Å². The van der Waals surface area contributed by atoms with Gasteiger partial charge in [0, 0.05) is 22.9 Å². The Kier molecular flexibility index (Phi) is 3.63. The summed E-state index contributed by atoms with van der Waals surface area (Å²) in [6.07, 6.45) is 3.26. The fraction of sp³-hybridized carbons (Fsp3) is 0.400. The van der Waals surface area contributed by atoms with Gasteiger partial charge in [0.2, 0.25) is 0 Å². The fourth-order valence-electron chi connectivity index (χ4n) is 1.07. The fourth-order valence-corrected chi connectivity index (χ4v) is 1.40. The third-order valence-electron chi connectivity index (χ3n) is 1.82. The van der Waals surface area contributed by atoms with Crippen molar-refractivity contribution in [3.8, 4) is 0 Å². The third kappa shape index (κ3) is 2.54. The molecule has 0 aliphatic carbocycles. The van der Waals surface area contributed by atoms with Crippen LogP contribution in [-0.4, -0.2) is 16.9 Å². The number of carbonyl (C=O) groups excluding carboxylic acids is 1. The number of nitrogens with zero attached hydrogens (tertiary/aromatic N) is 1. The molecule has 0 unspecified atom stereocenters. The minimum Gasteiger partial charge on any atom is -0.350 e. The molecule has 0 saturated heterocycles. The van der Waals surface area contributed by atoms with Crippen molar-refractivity contribution in [3.63, 3.8) is 0 Å². The summed E-state index contributed by atoms with van der Waals surface area (Å²) >= 11 is 3.34. The van der Waals surface area contributed by atoms with Gasteiger partial charge in [0.25, 0.3) is 5.91 Å². The molecule has 76 valence electrons. The van der Waals surface area contributed by atoms with Gasteiger partial charge in [-0.25, -0.2) is 0 Å². The van der Waals surface area contributed by atoms with Crippen LogP contribution < -0.4 is 5.32 Å². The molecule has 0 aromatic carbocycles. The molecule has 0 aliphatic rings. The van der Waals surface area contributed by atoms with Crippen LogP contribution in [0, 0.1) is 6.92 Å². The molecular formula is C10H13BrN2O. The molecule has 0 aliphatic heterocycles. The number of halogens is 1. The van der Waals surface area contributed by atoms with Gasteiger partial charge in [-0.1, -0.05) is 0 Å². The molecular weight excluding hydrogens is 244 g/mol. The lowest BCUT2D eigenvalue weighted by atomic mass is 10.1. The number of rotatable bonds is 2. The SMILES string of the molecule is Cc1c(Br)cncc1C(=O)NC(C)C. The zero-order valence-electron chi connectivity index (χ0n) is 8.47. The van der Waals surface area contributed by atoms with Crippen LogP contribution in [0.15, 0.2) is 16.9 Å². The first-order valence-electron chi connectivity index (χ1n) is 4.43. The van der Waals surface area contributed by atoms with Crippen molar-refractivity contribution in [1.82, 2.24) is 10.3 Å². The predicted molar refractivity (Wildman–Crippen MR) is 59.3 cm³/mol. The normalized spacial score (nSPS) is 10.4. The minimum atomic E-state index is -0.0775. The molecule has 1 heterocycles. The van der Waals surface area contributed by atoms with Gasteiger partial charge in [-0.05, 0) is 42.3 Å². The maximum atomic E-state index is 11.7. The maximum Gasteiger partial charge on any atom is 0.253 e. The lowest BCUT2D eigenvalue weighted by Gasteiger charge is -2.10. The zero-order valence-corrected chi connectivity index (χ0v) is 10.1. The standard InChI is InChI=1S/C10H13BrN2O/c1-6(2)13-10(14)8-4-12-5-9(11)7(8)3/h4-6H,1-3H3,(H,13,14). The van der Waals surface area contributed by atoms with Gasteiger partial charge in [-0.2, -0.15) is 0 Å². The van der Waals surface area contributed by atoms with E-state index in [1.807, 2.05) is 20.8 Å². The molecule has 0 fully saturated rings. The van der Waals surface area contributed by atoms with E-state index >= 15 is 0 Å². The van der Waals surface area contributed by atoms with E-state index in [0.717, 1.165) is 10.0 Å². The lowest BCUT2D eigenvalue weighted by molar-refractivity contribution is 0.0942. The number of hydrogen-bond acceptors (Lipinski definition) is 2. The van der Waals surface area contributed by atoms with Crippen molar-refractivity contribution in [2.75, 3.05) is 0 Å². The number of amides is 1. The van der Waals surface area contributed by atoms with Gasteiger partial charge in [0.05, 0.1) is 5.56 Å². The molecule has 0 saturated carbocycles. The van der Waals surface area contributed by atoms with Crippen LogP contribution in [0.1, 0.15) is 29.8 Å². The summed E-state index contributed by atoms with van der Waals surface area (Å²) in [5, 5.41) is 2.83. The van der Waals surface area contributed by atoms with E-state index in [4.69, 9.17) is 0 Å². The molecule has 0 atom stereocenters. The Labute approximate surface area is 92.1 Å². The van der Waals surface area contributed by atoms with Crippen molar-refractivity contribution >= 4 is 21.8 Å². The monoisotopic (exact) mass is 256 g/mol. The molecule has 4 heteroatoms. The first kappa shape index (κ1) is 11.2. The molecule has 3 nitrogen and oxygen atoms in total. The minimum absolute atomic E-state index is 0.0775. The second kappa shape index (κ2) is 4.55. The van der Waals surface area contributed by atoms with Gasteiger partial charge in [-0.15, -0.1) is 0 Å². The second-order valence-electron chi connectivity index (χ2n) is 3.42. The second-order valence-corrected chi connectivity index (χ2v) is 4.28. The van der Waals surface area contributed by atoms with Crippen LogP contribution in [0.5, 0.6) is 0 Å². The van der Waals surface area contributed by atoms with Gasteiger partial charge < -0.3 is 5.32 Å². The van der Waals surface area contributed by atoms with E-state index in [2.05, 4.69) is 26.2 Å². The predicted octanol–water partition coefficient (Wildman–Crippen LogP) is 2.29. The highest BCUT2D eigenvalue weighted by atomic mass is 79.9. The molecule has 1 aromatic rings. The Morgan fingerprint density at radius 2 is 2.14 bits per heavy atom. The van der Waals surface area contributed by atoms with Crippen LogP contribution in [0.2, 0.25) is 0 Å². The average Bonchev–Trinajstić information content (AvgIpc) is 2.08. The topological polar surface area (TPSA) is 42.0 Å². The summed E-state index contributed by atoms with van der Waals surface area (Å²) in [5.74, 6) is -0.0775. The molecule has 1 amide bonds. The van der Waals surface area contributed by atoms with Crippen molar-refractivity contribution in [2.45, 2.75) is 26.8 Å². The summed E-state index contributed by atoms with van der Waals surface area (Å²) in [7, 11) is 0. The first-order chi connectivity index (χ1) is 6.52. The number of carbonyl (C=O) groups is 1. The van der Waals surface area contributed by atoms with Crippen LogP contribution in [0.3, 0.4) is 0 Å². The van der Waals surface area contributed by atoms with E-state index in [-0.39, 0.29) is 11.9 Å². The highest BCUT2D eigenvalue weighted by molar-refractivity contribution is 9.10.